The standard InChI is InChI=1S/C16H21N3O4S/c1-8(20)13-14-11(5-10(16(22)23)19(14)15(13)21)24-9-6-18(7-9)12-3-2-4-17-12/h5,8-10,13-14,20H,2-4,6-7H2,1H3,(H,22,23)/t8-,10+,13-,14-/m1/s1. The van der Waals surface area contributed by atoms with Crippen LogP contribution in [-0.2, 0) is 9.59 Å². The first-order valence-corrected chi connectivity index (χ1v) is 9.25. The van der Waals surface area contributed by atoms with E-state index in [1.165, 1.54) is 10.7 Å². The van der Waals surface area contributed by atoms with E-state index in [9.17, 15) is 19.8 Å². The van der Waals surface area contributed by atoms with Crippen LogP contribution in [0.15, 0.2) is 16.0 Å². The van der Waals surface area contributed by atoms with Gasteiger partial charge in [0, 0.05) is 36.2 Å². The van der Waals surface area contributed by atoms with Crippen LogP contribution in [0.25, 0.3) is 0 Å². The number of aliphatic carboxylic acids is 1. The molecule has 0 aromatic carbocycles. The molecular formula is C16H21N3O4S. The Labute approximate surface area is 144 Å². The summed E-state index contributed by atoms with van der Waals surface area (Å²) >= 11 is 1.66. The fraction of sp³-hybridized carbons (Fsp3) is 0.688. The number of nitrogens with zero attached hydrogens (tertiary/aromatic N) is 3. The molecule has 0 spiro atoms. The number of carboxylic acid groups (broad SMARTS) is 1. The Morgan fingerprint density at radius 3 is 2.79 bits per heavy atom. The first-order valence-electron chi connectivity index (χ1n) is 8.37. The molecule has 7 nitrogen and oxygen atoms in total. The number of amidine groups is 1. The van der Waals surface area contributed by atoms with Crippen LogP contribution in [-0.4, -0.2) is 80.8 Å². The van der Waals surface area contributed by atoms with Crippen molar-refractivity contribution in [1.82, 2.24) is 9.80 Å². The monoisotopic (exact) mass is 351 g/mol. The van der Waals surface area contributed by atoms with Gasteiger partial charge in [-0.25, -0.2) is 4.79 Å². The summed E-state index contributed by atoms with van der Waals surface area (Å²) in [5.41, 5.74) is 0. The summed E-state index contributed by atoms with van der Waals surface area (Å²) in [6, 6.07) is -1.17. The highest BCUT2D eigenvalue weighted by atomic mass is 32.2. The summed E-state index contributed by atoms with van der Waals surface area (Å²) in [4.78, 5) is 32.7. The molecule has 4 aliphatic heterocycles. The number of likely N-dealkylation sites (tertiary alicyclic amines) is 1. The van der Waals surface area contributed by atoms with Crippen LogP contribution in [0, 0.1) is 5.92 Å². The summed E-state index contributed by atoms with van der Waals surface area (Å²) in [6.07, 6.45) is 3.11. The lowest BCUT2D eigenvalue weighted by Crippen LogP contribution is -2.65. The van der Waals surface area contributed by atoms with Gasteiger partial charge in [0.1, 0.15) is 6.04 Å². The molecule has 4 atom stereocenters. The SMILES string of the molecule is C[C@@H](O)[C@H]1C(=O)N2[C@@H]1C(SC1CN(C3=NCCC3)C1)=C[C@H]2C(=O)O. The average Bonchev–Trinajstić information content (AvgIpc) is 3.07. The molecule has 2 N–H and O–H groups in total. The summed E-state index contributed by atoms with van der Waals surface area (Å²) in [5.74, 6) is -0.588. The van der Waals surface area contributed by atoms with Gasteiger partial charge < -0.3 is 20.0 Å². The summed E-state index contributed by atoms with van der Waals surface area (Å²) in [7, 11) is 0. The molecule has 4 rings (SSSR count). The van der Waals surface area contributed by atoms with E-state index in [-0.39, 0.29) is 11.9 Å². The lowest BCUT2D eigenvalue weighted by atomic mass is 9.84. The molecule has 0 saturated carbocycles. The number of carbonyl (C=O) groups excluding carboxylic acids is 1. The number of carbonyl (C=O) groups is 2. The van der Waals surface area contributed by atoms with Crippen LogP contribution in [0.2, 0.25) is 0 Å². The number of aliphatic imine (C=N–C) groups is 1. The minimum atomic E-state index is -1.01. The molecule has 1 amide bonds. The zero-order chi connectivity index (χ0) is 17.0. The highest BCUT2D eigenvalue weighted by Gasteiger charge is 2.59. The zero-order valence-corrected chi connectivity index (χ0v) is 14.3. The lowest BCUT2D eigenvalue weighted by Gasteiger charge is -2.48. The van der Waals surface area contributed by atoms with Crippen LogP contribution < -0.4 is 0 Å². The van der Waals surface area contributed by atoms with Gasteiger partial charge in [0.15, 0.2) is 0 Å². The molecule has 8 heteroatoms. The van der Waals surface area contributed by atoms with E-state index >= 15 is 0 Å². The van der Waals surface area contributed by atoms with Crippen LogP contribution in [0.4, 0.5) is 0 Å². The molecule has 4 aliphatic rings. The smallest absolute Gasteiger partial charge is 0.330 e. The van der Waals surface area contributed by atoms with Crippen LogP contribution in [0.1, 0.15) is 19.8 Å². The number of hydrogen-bond acceptors (Lipinski definition) is 6. The van der Waals surface area contributed by atoms with Gasteiger partial charge in [0.25, 0.3) is 0 Å². The fourth-order valence-electron chi connectivity index (χ4n) is 3.96. The first-order chi connectivity index (χ1) is 11.5. The lowest BCUT2D eigenvalue weighted by molar-refractivity contribution is -0.168. The van der Waals surface area contributed by atoms with Gasteiger partial charge in [-0.15, -0.1) is 11.8 Å². The van der Waals surface area contributed by atoms with Crippen molar-refractivity contribution in [2.75, 3.05) is 19.6 Å². The summed E-state index contributed by atoms with van der Waals surface area (Å²) in [5, 5.41) is 19.6. The van der Waals surface area contributed by atoms with E-state index in [0.29, 0.717) is 5.25 Å². The number of carboxylic acids is 1. The van der Waals surface area contributed by atoms with Gasteiger partial charge in [-0.2, -0.15) is 0 Å². The highest BCUT2D eigenvalue weighted by Crippen LogP contribution is 2.47. The van der Waals surface area contributed by atoms with E-state index in [2.05, 4.69) is 9.89 Å². The zero-order valence-electron chi connectivity index (χ0n) is 13.5. The normalized spacial score (nSPS) is 33.6. The molecule has 0 unspecified atom stereocenters. The van der Waals surface area contributed by atoms with Crippen molar-refractivity contribution < 1.29 is 19.8 Å². The average molecular weight is 351 g/mol. The van der Waals surface area contributed by atoms with Gasteiger partial charge in [-0.05, 0) is 19.4 Å². The molecule has 0 aliphatic carbocycles. The molecule has 130 valence electrons. The minimum absolute atomic E-state index is 0.259. The van der Waals surface area contributed by atoms with Gasteiger partial charge >= 0.3 is 5.97 Å². The molecule has 2 fully saturated rings. The molecule has 24 heavy (non-hydrogen) atoms. The molecule has 2 saturated heterocycles. The van der Waals surface area contributed by atoms with Gasteiger partial charge in [0.2, 0.25) is 5.91 Å². The number of fused-ring (bicyclic) bond motifs is 1. The van der Waals surface area contributed by atoms with E-state index < -0.39 is 24.0 Å². The number of aliphatic hydroxyl groups is 1. The van der Waals surface area contributed by atoms with Crippen molar-refractivity contribution >= 4 is 29.5 Å². The number of rotatable bonds is 4. The molecular weight excluding hydrogens is 330 g/mol. The summed E-state index contributed by atoms with van der Waals surface area (Å²) < 4.78 is 0. The Bertz CT molecular complexity index is 641. The second kappa shape index (κ2) is 5.77. The first kappa shape index (κ1) is 16.0. The van der Waals surface area contributed by atoms with Crippen molar-refractivity contribution in [2.24, 2.45) is 10.9 Å². The maximum atomic E-state index is 12.2. The quantitative estimate of drug-likeness (QED) is 0.701. The third-order valence-corrected chi connectivity index (χ3v) is 6.52. The second-order valence-electron chi connectivity index (χ2n) is 6.86. The van der Waals surface area contributed by atoms with Crippen LogP contribution in [0.3, 0.4) is 0 Å². The van der Waals surface area contributed by atoms with Crippen molar-refractivity contribution in [2.45, 2.75) is 43.2 Å². The molecule has 0 bridgehead atoms. The van der Waals surface area contributed by atoms with Crippen molar-refractivity contribution in [3.8, 4) is 0 Å². The maximum Gasteiger partial charge on any atom is 0.330 e. The molecule has 0 aromatic heterocycles. The Balaban J connectivity index is 1.43. The van der Waals surface area contributed by atoms with Crippen LogP contribution in [0.5, 0.6) is 0 Å². The Morgan fingerprint density at radius 1 is 1.46 bits per heavy atom. The van der Waals surface area contributed by atoms with Crippen molar-refractivity contribution in [1.29, 1.82) is 0 Å². The number of amides is 1. The third-order valence-electron chi connectivity index (χ3n) is 5.23. The topological polar surface area (TPSA) is 93.4 Å². The predicted octanol–water partition coefficient (Wildman–Crippen LogP) is 0.155. The van der Waals surface area contributed by atoms with Crippen molar-refractivity contribution in [3.05, 3.63) is 11.0 Å². The van der Waals surface area contributed by atoms with E-state index in [0.717, 1.165) is 37.4 Å². The second-order valence-corrected chi connectivity index (χ2v) is 8.23. The molecule has 0 aromatic rings. The van der Waals surface area contributed by atoms with E-state index in [1.807, 2.05) is 0 Å². The van der Waals surface area contributed by atoms with Crippen molar-refractivity contribution in [3.63, 3.8) is 0 Å². The number of thioether (sulfide) groups is 1. The number of β-lactam (4-membered cyclic amide) rings is 1. The van der Waals surface area contributed by atoms with E-state index in [4.69, 9.17) is 0 Å². The molecule has 4 heterocycles. The Morgan fingerprint density at radius 2 is 2.21 bits per heavy atom. The van der Waals surface area contributed by atoms with E-state index in [1.54, 1.807) is 24.8 Å². The minimum Gasteiger partial charge on any atom is -0.479 e. The van der Waals surface area contributed by atoms with Gasteiger partial charge in [-0.1, -0.05) is 0 Å². The highest BCUT2D eigenvalue weighted by molar-refractivity contribution is 8.03. The van der Waals surface area contributed by atoms with Crippen LogP contribution >= 0.6 is 11.8 Å². The third kappa shape index (κ3) is 2.35. The Hall–Kier alpha value is -1.54. The maximum absolute atomic E-state index is 12.2. The number of hydrogen-bond donors (Lipinski definition) is 2. The van der Waals surface area contributed by atoms with Gasteiger partial charge in [-0.3, -0.25) is 9.79 Å². The molecule has 0 radical (unpaired) electrons. The fourth-order valence-corrected chi connectivity index (χ4v) is 5.46. The largest absolute Gasteiger partial charge is 0.479 e. The number of aliphatic hydroxyl groups excluding tert-OH is 1. The summed E-state index contributed by atoms with van der Waals surface area (Å²) in [6.45, 7) is 4.35. The Kier molecular flexibility index (Phi) is 3.84. The van der Waals surface area contributed by atoms with Gasteiger partial charge in [0.05, 0.1) is 23.9 Å². The predicted molar refractivity (Wildman–Crippen MR) is 89.8 cm³/mol.